The van der Waals surface area contributed by atoms with Crippen molar-refractivity contribution in [1.82, 2.24) is 0 Å². The Morgan fingerprint density at radius 1 is 0.786 bits per heavy atom. The van der Waals surface area contributed by atoms with Crippen molar-refractivity contribution in [2.45, 2.75) is 27.7 Å². The molecule has 1 rings (SSSR count). The molecule has 0 unspecified atom stereocenters. The molecule has 0 amide bonds. The molecular formula is C9H13Cl4Nb-. The van der Waals surface area contributed by atoms with Gasteiger partial charge in [-0.25, -0.2) is 0 Å². The summed E-state index contributed by atoms with van der Waals surface area (Å²) in [6.07, 6.45) is 0. The summed E-state index contributed by atoms with van der Waals surface area (Å²) < 4.78 is 0. The Kier molecular flexibility index (Phi) is 6.65. The van der Waals surface area contributed by atoms with Crippen molar-refractivity contribution >= 4 is 36.8 Å². The predicted octanol–water partition coefficient (Wildman–Crippen LogP) is 5.39. The van der Waals surface area contributed by atoms with Crippen LogP contribution < -0.4 is 0 Å². The molecule has 0 N–H and O–H groups in total. The molecule has 5 heteroatoms. The summed E-state index contributed by atoms with van der Waals surface area (Å²) in [6, 6.07) is 2.24. The fourth-order valence-corrected chi connectivity index (χ4v) is 1.13. The van der Waals surface area contributed by atoms with Gasteiger partial charge >= 0.3 is 49.6 Å². The van der Waals surface area contributed by atoms with Gasteiger partial charge in [-0.05, 0) is 0 Å². The second-order valence-corrected chi connectivity index (χ2v) is 23.2. The molecule has 83 valence electrons. The molecule has 0 nitrogen and oxygen atoms in total. The second-order valence-electron chi connectivity index (χ2n) is 3.14. The first-order valence-electron chi connectivity index (χ1n) is 4.00. The Labute approximate surface area is 105 Å². The van der Waals surface area contributed by atoms with Crippen molar-refractivity contribution in [3.63, 3.8) is 0 Å². The van der Waals surface area contributed by atoms with Crippen LogP contribution in [-0.4, -0.2) is 0 Å². The summed E-state index contributed by atoms with van der Waals surface area (Å²) in [5, 5.41) is 0. The van der Waals surface area contributed by atoms with E-state index in [0.717, 1.165) is 0 Å². The van der Waals surface area contributed by atoms with E-state index in [2.05, 4.69) is 33.8 Å². The normalized spacial score (nSPS) is 10.9. The van der Waals surface area contributed by atoms with Crippen LogP contribution in [0.25, 0.3) is 0 Å². The Hall–Kier alpha value is 1.25. The van der Waals surface area contributed by atoms with Gasteiger partial charge in [0.2, 0.25) is 0 Å². The molecule has 0 aliphatic rings. The molecule has 0 aliphatic heterocycles. The van der Waals surface area contributed by atoms with Gasteiger partial charge in [0.1, 0.15) is 0 Å². The van der Waals surface area contributed by atoms with E-state index in [1.165, 1.54) is 22.3 Å². The number of hydrogen-bond acceptors (Lipinski definition) is 0. The number of rotatable bonds is 0. The van der Waals surface area contributed by atoms with Crippen LogP contribution in [0.1, 0.15) is 22.3 Å². The van der Waals surface area contributed by atoms with E-state index < -0.39 is 12.8 Å². The third-order valence-electron chi connectivity index (χ3n) is 2.18. The molecule has 0 saturated carbocycles. The fraction of sp³-hybridized carbons (Fsp3) is 0.444. The zero-order valence-electron chi connectivity index (χ0n) is 8.54. The first kappa shape index (κ1) is 15.3. The van der Waals surface area contributed by atoms with Gasteiger partial charge in [-0.2, -0.15) is 28.3 Å². The first-order chi connectivity index (χ1) is 6.13. The second kappa shape index (κ2) is 6.10. The van der Waals surface area contributed by atoms with Gasteiger partial charge in [0.15, 0.2) is 0 Å². The molecule has 0 fully saturated rings. The van der Waals surface area contributed by atoms with Crippen LogP contribution in [0.2, 0.25) is 0 Å². The Morgan fingerprint density at radius 3 is 1.07 bits per heavy atom. The molecule has 0 saturated heterocycles. The van der Waals surface area contributed by atoms with Gasteiger partial charge in [0.25, 0.3) is 0 Å². The van der Waals surface area contributed by atoms with Gasteiger partial charge in [-0.15, -0.1) is 0 Å². The van der Waals surface area contributed by atoms with Gasteiger partial charge in [-0.3, -0.25) is 0 Å². The third-order valence-corrected chi connectivity index (χ3v) is 2.18. The van der Waals surface area contributed by atoms with Crippen molar-refractivity contribution < 1.29 is 12.8 Å². The van der Waals surface area contributed by atoms with Crippen molar-refractivity contribution in [1.29, 1.82) is 0 Å². The monoisotopic (exact) mass is 354 g/mol. The predicted molar refractivity (Wildman–Crippen MR) is 64.4 cm³/mol. The minimum atomic E-state index is -3.21. The minimum absolute atomic E-state index is 1.42. The summed E-state index contributed by atoms with van der Waals surface area (Å²) in [5.74, 6) is 0. The van der Waals surface area contributed by atoms with Crippen molar-refractivity contribution in [2.75, 3.05) is 0 Å². The topological polar surface area (TPSA) is 0 Å². The van der Waals surface area contributed by atoms with E-state index in [9.17, 15) is 0 Å². The van der Waals surface area contributed by atoms with Crippen LogP contribution in [-0.2, 0) is 12.8 Å². The van der Waals surface area contributed by atoms with Crippen LogP contribution in [0.15, 0.2) is 6.07 Å². The number of aryl methyl sites for hydroxylation is 2. The Balaban J connectivity index is 0.000000292. The third kappa shape index (κ3) is 6.68. The van der Waals surface area contributed by atoms with Crippen molar-refractivity contribution in [2.24, 2.45) is 0 Å². The molecule has 0 aromatic heterocycles. The van der Waals surface area contributed by atoms with E-state index in [1.54, 1.807) is 0 Å². The maximum atomic E-state index is 5.03. The van der Waals surface area contributed by atoms with Crippen molar-refractivity contribution in [3.8, 4) is 0 Å². The number of hydrogen-bond donors (Lipinski definition) is 0. The summed E-state index contributed by atoms with van der Waals surface area (Å²) in [7, 11) is 20.1. The van der Waals surface area contributed by atoms with Crippen LogP contribution in [0.3, 0.4) is 0 Å². The number of halogens is 4. The summed E-state index contributed by atoms with van der Waals surface area (Å²) in [4.78, 5) is 0. The molecule has 14 heavy (non-hydrogen) atoms. The standard InChI is InChI=1S/C9H13.4ClH.Nb/c1-6-5-7(2)9(4)8(6)3;;;;;/h5H,1-4H3;4*1H;/q-1;;;;;+4/p-4. The Bertz CT molecular complexity index is 270. The molecule has 1 aromatic rings. The zero-order chi connectivity index (χ0) is 11.5. The van der Waals surface area contributed by atoms with E-state index in [1.807, 2.05) is 0 Å². The summed E-state index contributed by atoms with van der Waals surface area (Å²) >= 11 is -3.21. The molecule has 1 aromatic carbocycles. The van der Waals surface area contributed by atoms with E-state index >= 15 is 0 Å². The van der Waals surface area contributed by atoms with Crippen LogP contribution in [0.5, 0.6) is 0 Å². The zero-order valence-corrected chi connectivity index (χ0v) is 13.8. The average molecular weight is 356 g/mol. The molecule has 0 atom stereocenters. The van der Waals surface area contributed by atoms with E-state index in [0.29, 0.717) is 0 Å². The first-order valence-corrected chi connectivity index (χ1v) is 15.3. The van der Waals surface area contributed by atoms with Gasteiger partial charge in [0, 0.05) is 0 Å². The summed E-state index contributed by atoms with van der Waals surface area (Å²) in [6.45, 7) is 8.68. The molecule has 0 radical (unpaired) electrons. The van der Waals surface area contributed by atoms with Gasteiger partial charge < -0.3 is 0 Å². The van der Waals surface area contributed by atoms with Crippen molar-refractivity contribution in [3.05, 3.63) is 28.3 Å². The van der Waals surface area contributed by atoms with Crippen LogP contribution in [0, 0.1) is 27.7 Å². The van der Waals surface area contributed by atoms with Crippen LogP contribution >= 0.6 is 36.8 Å². The maximum absolute atomic E-state index is 5.03. The SMILES string of the molecule is Cc1[cH-]c(C)c(C)c1C.[Cl][Nb]([Cl])([Cl])[Cl]. The average Bonchev–Trinajstić information content (AvgIpc) is 2.14. The molecule has 0 aliphatic carbocycles. The summed E-state index contributed by atoms with van der Waals surface area (Å²) in [5.41, 5.74) is 5.75. The van der Waals surface area contributed by atoms with Gasteiger partial charge in [-0.1, -0.05) is 27.7 Å². The molecular weight excluding hydrogens is 343 g/mol. The van der Waals surface area contributed by atoms with Crippen LogP contribution in [0.4, 0.5) is 0 Å². The van der Waals surface area contributed by atoms with E-state index in [-0.39, 0.29) is 0 Å². The molecule has 0 bridgehead atoms. The van der Waals surface area contributed by atoms with Gasteiger partial charge in [0.05, 0.1) is 0 Å². The quantitative estimate of drug-likeness (QED) is 0.432. The fourth-order valence-electron chi connectivity index (χ4n) is 1.13. The van der Waals surface area contributed by atoms with E-state index in [4.69, 9.17) is 36.8 Å². The molecule has 0 spiro atoms. The Morgan fingerprint density at radius 2 is 1.00 bits per heavy atom. The molecule has 0 heterocycles.